The molecule has 0 bridgehead atoms. The van der Waals surface area contributed by atoms with Gasteiger partial charge in [0.25, 0.3) is 5.91 Å². The standard InChI is InChI=1S/C35H42ClN9O3/c1-22-19-23(2)45(42-22)35(47)44-17-13-25(14-18-44)24-11-15-43(16-12-24)26-9-10-30(31(20-26)48-4)40-34-38-21-28(36)32(41-34)39-29-8-6-5-7-27(29)33(46)37-3/h5-10,19-21,24-25H,11-18H2,1-4H3,(H,37,46)(H2,38,39,40,41). The molecule has 4 heterocycles. The Labute approximate surface area is 285 Å². The molecule has 3 N–H and O–H groups in total. The molecular formula is C35H42ClN9O3. The first-order chi connectivity index (χ1) is 23.2. The zero-order valence-corrected chi connectivity index (χ0v) is 28.5. The van der Waals surface area contributed by atoms with E-state index in [-0.39, 0.29) is 11.9 Å². The maximum Gasteiger partial charge on any atom is 0.344 e. The predicted molar refractivity (Wildman–Crippen MR) is 188 cm³/mol. The van der Waals surface area contributed by atoms with Gasteiger partial charge in [0.15, 0.2) is 5.82 Å². The topological polar surface area (TPSA) is 130 Å². The monoisotopic (exact) mass is 671 g/mol. The van der Waals surface area contributed by atoms with Crippen molar-refractivity contribution >= 4 is 52.4 Å². The second-order valence-corrected chi connectivity index (χ2v) is 12.8. The molecule has 0 aliphatic carbocycles. The van der Waals surface area contributed by atoms with Crippen LogP contribution in [0.25, 0.3) is 0 Å². The quantitative estimate of drug-likeness (QED) is 0.195. The molecule has 0 unspecified atom stereocenters. The van der Waals surface area contributed by atoms with Crippen LogP contribution in [0.2, 0.25) is 5.02 Å². The summed E-state index contributed by atoms with van der Waals surface area (Å²) in [6, 6.07) is 15.2. The molecule has 2 amide bonds. The molecule has 48 heavy (non-hydrogen) atoms. The van der Waals surface area contributed by atoms with Gasteiger partial charge in [0.2, 0.25) is 5.95 Å². The molecule has 13 heteroatoms. The first-order valence-corrected chi connectivity index (χ1v) is 16.7. The van der Waals surface area contributed by atoms with Gasteiger partial charge in [0.1, 0.15) is 10.8 Å². The van der Waals surface area contributed by atoms with Gasteiger partial charge in [0.05, 0.1) is 35.9 Å². The molecule has 12 nitrogen and oxygen atoms in total. The molecule has 0 spiro atoms. The Hall–Kier alpha value is -4.84. The van der Waals surface area contributed by atoms with Gasteiger partial charge in [-0.1, -0.05) is 23.7 Å². The Bertz CT molecular complexity index is 1780. The number of aryl methyl sites for hydroxylation is 2. The number of methoxy groups -OCH3 is 1. The highest BCUT2D eigenvalue weighted by molar-refractivity contribution is 6.33. The fraction of sp³-hybridized carbons (Fsp3) is 0.400. The normalized spacial score (nSPS) is 15.7. The summed E-state index contributed by atoms with van der Waals surface area (Å²) in [5.41, 5.74) is 4.62. The van der Waals surface area contributed by atoms with Gasteiger partial charge < -0.3 is 30.5 Å². The average molecular weight is 672 g/mol. The summed E-state index contributed by atoms with van der Waals surface area (Å²) in [6.45, 7) is 7.35. The van der Waals surface area contributed by atoms with Crippen molar-refractivity contribution in [1.82, 2.24) is 30.0 Å². The summed E-state index contributed by atoms with van der Waals surface area (Å²) in [4.78, 5) is 38.6. The van der Waals surface area contributed by atoms with E-state index in [1.807, 2.05) is 43.0 Å². The number of amides is 2. The number of likely N-dealkylation sites (tertiary alicyclic amines) is 1. The van der Waals surface area contributed by atoms with Crippen molar-refractivity contribution in [3.8, 4) is 5.75 Å². The number of ether oxygens (including phenoxy) is 1. The number of aromatic nitrogens is 4. The Morgan fingerprint density at radius 2 is 1.62 bits per heavy atom. The number of benzene rings is 2. The van der Waals surface area contributed by atoms with Crippen LogP contribution in [-0.4, -0.2) is 76.9 Å². The molecule has 6 rings (SSSR count). The minimum Gasteiger partial charge on any atom is -0.494 e. The number of carbonyl (C=O) groups excluding carboxylic acids is 2. The third-order valence-electron chi connectivity index (χ3n) is 9.40. The van der Waals surface area contributed by atoms with E-state index in [1.54, 1.807) is 32.4 Å². The van der Waals surface area contributed by atoms with Gasteiger partial charge in [-0.05, 0) is 81.7 Å². The number of rotatable bonds is 8. The summed E-state index contributed by atoms with van der Waals surface area (Å²) in [6.07, 6.45) is 5.82. The van der Waals surface area contributed by atoms with Gasteiger partial charge in [-0.3, -0.25) is 4.79 Å². The van der Waals surface area contributed by atoms with Gasteiger partial charge in [-0.25, -0.2) is 9.78 Å². The zero-order chi connectivity index (χ0) is 33.8. The van der Waals surface area contributed by atoms with Crippen molar-refractivity contribution < 1.29 is 14.3 Å². The lowest BCUT2D eigenvalue weighted by atomic mass is 9.79. The Morgan fingerprint density at radius 3 is 2.29 bits per heavy atom. The molecular weight excluding hydrogens is 630 g/mol. The van der Waals surface area contributed by atoms with Crippen molar-refractivity contribution in [1.29, 1.82) is 0 Å². The van der Waals surface area contributed by atoms with Crippen molar-refractivity contribution in [2.24, 2.45) is 11.8 Å². The Morgan fingerprint density at radius 1 is 0.917 bits per heavy atom. The molecule has 0 radical (unpaired) electrons. The second-order valence-electron chi connectivity index (χ2n) is 12.4. The van der Waals surface area contributed by atoms with Gasteiger partial charge in [-0.2, -0.15) is 14.8 Å². The van der Waals surface area contributed by atoms with Crippen molar-refractivity contribution in [3.05, 3.63) is 76.7 Å². The lowest BCUT2D eigenvalue weighted by molar-refractivity contribution is 0.0964. The van der Waals surface area contributed by atoms with Crippen LogP contribution < -0.4 is 25.6 Å². The van der Waals surface area contributed by atoms with E-state index in [0.717, 1.165) is 74.6 Å². The molecule has 4 aromatic rings. The van der Waals surface area contributed by atoms with Crippen LogP contribution in [0.3, 0.4) is 0 Å². The van der Waals surface area contributed by atoms with E-state index >= 15 is 0 Å². The summed E-state index contributed by atoms with van der Waals surface area (Å²) >= 11 is 6.42. The molecule has 0 atom stereocenters. The molecule has 2 saturated heterocycles. The Kier molecular flexibility index (Phi) is 10.00. The fourth-order valence-electron chi connectivity index (χ4n) is 6.82. The van der Waals surface area contributed by atoms with Crippen molar-refractivity contribution in [2.75, 3.05) is 55.9 Å². The van der Waals surface area contributed by atoms with Crippen LogP contribution in [0.15, 0.2) is 54.7 Å². The first-order valence-electron chi connectivity index (χ1n) is 16.4. The maximum absolute atomic E-state index is 13.0. The molecule has 252 valence electrons. The fourth-order valence-corrected chi connectivity index (χ4v) is 6.95. The summed E-state index contributed by atoms with van der Waals surface area (Å²) in [7, 11) is 3.23. The molecule has 2 aliphatic rings. The summed E-state index contributed by atoms with van der Waals surface area (Å²) in [5.74, 6) is 2.43. The van der Waals surface area contributed by atoms with E-state index < -0.39 is 0 Å². The van der Waals surface area contributed by atoms with Crippen molar-refractivity contribution in [2.45, 2.75) is 39.5 Å². The molecule has 2 aromatic carbocycles. The molecule has 0 saturated carbocycles. The highest BCUT2D eigenvalue weighted by atomic mass is 35.5. The third-order valence-corrected chi connectivity index (χ3v) is 9.68. The van der Waals surface area contributed by atoms with E-state index in [9.17, 15) is 9.59 Å². The van der Waals surface area contributed by atoms with Crippen molar-refractivity contribution in [3.63, 3.8) is 0 Å². The van der Waals surface area contributed by atoms with E-state index in [4.69, 9.17) is 16.3 Å². The SMILES string of the molecule is CNC(=O)c1ccccc1Nc1nc(Nc2ccc(N3CCC(C4CCN(C(=O)n5nc(C)cc5C)CC4)CC3)cc2OC)ncc1Cl. The number of hydrogen-bond donors (Lipinski definition) is 3. The highest BCUT2D eigenvalue weighted by Gasteiger charge is 2.32. The second kappa shape index (κ2) is 14.5. The van der Waals surface area contributed by atoms with Gasteiger partial charge in [-0.15, -0.1) is 0 Å². The van der Waals surface area contributed by atoms with Crippen LogP contribution >= 0.6 is 11.6 Å². The minimum absolute atomic E-state index is 0.0101. The molecule has 2 aromatic heterocycles. The zero-order valence-electron chi connectivity index (χ0n) is 27.8. The van der Waals surface area contributed by atoms with Gasteiger partial charge >= 0.3 is 6.03 Å². The predicted octanol–water partition coefficient (Wildman–Crippen LogP) is 6.40. The van der Waals surface area contributed by atoms with Gasteiger partial charge in [0, 0.05) is 50.7 Å². The summed E-state index contributed by atoms with van der Waals surface area (Å²) < 4.78 is 7.31. The van der Waals surface area contributed by atoms with Crippen LogP contribution in [0.1, 0.15) is 47.4 Å². The number of nitrogens with zero attached hydrogens (tertiary/aromatic N) is 6. The number of halogens is 1. The van der Waals surface area contributed by atoms with E-state index in [1.165, 1.54) is 10.9 Å². The van der Waals surface area contributed by atoms with Crippen LogP contribution in [0.5, 0.6) is 5.75 Å². The number of nitrogens with one attached hydrogen (secondary N) is 3. The number of hydrogen-bond acceptors (Lipinski definition) is 9. The van der Waals surface area contributed by atoms with Crippen LogP contribution in [0, 0.1) is 25.7 Å². The average Bonchev–Trinajstić information content (AvgIpc) is 3.46. The van der Waals surface area contributed by atoms with Crippen LogP contribution in [0.4, 0.5) is 33.6 Å². The highest BCUT2D eigenvalue weighted by Crippen LogP contribution is 2.37. The third kappa shape index (κ3) is 7.18. The molecule has 2 aliphatic heterocycles. The minimum atomic E-state index is -0.221. The Balaban J connectivity index is 1.05. The lowest BCUT2D eigenvalue weighted by Crippen LogP contribution is -2.44. The lowest BCUT2D eigenvalue weighted by Gasteiger charge is -2.40. The van der Waals surface area contributed by atoms with Crippen LogP contribution in [-0.2, 0) is 0 Å². The largest absolute Gasteiger partial charge is 0.494 e. The maximum atomic E-state index is 13.0. The smallest absolute Gasteiger partial charge is 0.344 e. The number of piperidine rings is 2. The number of anilines is 5. The number of para-hydroxylation sites is 1. The number of carbonyl (C=O) groups is 2. The first kappa shape index (κ1) is 33.1. The summed E-state index contributed by atoms with van der Waals surface area (Å²) in [5, 5.41) is 13.8. The van der Waals surface area contributed by atoms with E-state index in [0.29, 0.717) is 45.6 Å². The van der Waals surface area contributed by atoms with E-state index in [2.05, 4.69) is 42.0 Å². The molecule has 2 fully saturated rings.